The van der Waals surface area contributed by atoms with Crippen LogP contribution >= 0.6 is 0 Å². The highest BCUT2D eigenvalue weighted by Gasteiger charge is 2.16. The molecule has 19 heavy (non-hydrogen) atoms. The Morgan fingerprint density at radius 3 is 2.68 bits per heavy atom. The van der Waals surface area contributed by atoms with Gasteiger partial charge in [-0.25, -0.2) is 13.1 Å². The Hall–Kier alpha value is -1.93. The Labute approximate surface area is 110 Å². The zero-order valence-electron chi connectivity index (χ0n) is 10.5. The number of aromatic nitrogens is 2. The van der Waals surface area contributed by atoms with Crippen molar-refractivity contribution in [3.05, 3.63) is 35.5 Å². The van der Waals surface area contributed by atoms with Crippen molar-refractivity contribution in [3.8, 4) is 0 Å². The Bertz CT molecular complexity index is 694. The first kappa shape index (κ1) is 13.5. The molecule has 2 aromatic rings. The number of rotatable bonds is 4. The lowest BCUT2D eigenvalue weighted by atomic mass is 10.2. The van der Waals surface area contributed by atoms with Gasteiger partial charge in [0.15, 0.2) is 5.82 Å². The molecule has 1 aromatic carbocycles. The molecule has 0 saturated carbocycles. The second-order valence-electron chi connectivity index (χ2n) is 4.08. The maximum Gasteiger partial charge on any atom is 0.241 e. The van der Waals surface area contributed by atoms with Crippen molar-refractivity contribution in [2.24, 2.45) is 0 Å². The van der Waals surface area contributed by atoms with E-state index in [1.165, 1.54) is 12.1 Å². The quantitative estimate of drug-likeness (QED) is 0.800. The SMILES string of the molecule is Cc1noc(CNS(=O)(=O)c2ccc(N)c(C)c2)n1. The zero-order chi connectivity index (χ0) is 14.0. The topological polar surface area (TPSA) is 111 Å². The van der Waals surface area contributed by atoms with Crippen LogP contribution < -0.4 is 10.5 Å². The third-order valence-corrected chi connectivity index (χ3v) is 3.93. The molecule has 1 heterocycles. The minimum atomic E-state index is -3.62. The molecule has 0 radical (unpaired) electrons. The van der Waals surface area contributed by atoms with E-state index in [0.29, 0.717) is 17.1 Å². The van der Waals surface area contributed by atoms with Crippen molar-refractivity contribution >= 4 is 15.7 Å². The molecule has 7 nitrogen and oxygen atoms in total. The molecule has 1 aromatic heterocycles. The fourth-order valence-electron chi connectivity index (χ4n) is 1.47. The number of hydrogen-bond donors (Lipinski definition) is 2. The van der Waals surface area contributed by atoms with Crippen molar-refractivity contribution in [3.63, 3.8) is 0 Å². The summed E-state index contributed by atoms with van der Waals surface area (Å²) in [5.41, 5.74) is 6.90. The minimum Gasteiger partial charge on any atom is -0.399 e. The lowest BCUT2D eigenvalue weighted by molar-refractivity contribution is 0.372. The summed E-state index contributed by atoms with van der Waals surface area (Å²) in [7, 11) is -3.62. The Kier molecular flexibility index (Phi) is 3.54. The highest BCUT2D eigenvalue weighted by atomic mass is 32.2. The molecule has 102 valence electrons. The molecular weight excluding hydrogens is 268 g/mol. The zero-order valence-corrected chi connectivity index (χ0v) is 11.4. The molecule has 0 aliphatic carbocycles. The van der Waals surface area contributed by atoms with Gasteiger partial charge in [0.2, 0.25) is 15.9 Å². The van der Waals surface area contributed by atoms with Gasteiger partial charge in [0.05, 0.1) is 11.4 Å². The number of anilines is 1. The normalized spacial score (nSPS) is 11.7. The first-order valence-corrected chi connectivity index (χ1v) is 7.02. The Morgan fingerprint density at radius 2 is 2.11 bits per heavy atom. The van der Waals surface area contributed by atoms with Gasteiger partial charge in [0.25, 0.3) is 0 Å². The van der Waals surface area contributed by atoms with Crippen LogP contribution in [-0.2, 0) is 16.6 Å². The fourth-order valence-corrected chi connectivity index (χ4v) is 2.53. The van der Waals surface area contributed by atoms with Gasteiger partial charge in [0.1, 0.15) is 0 Å². The smallest absolute Gasteiger partial charge is 0.241 e. The van der Waals surface area contributed by atoms with Crippen LogP contribution in [0, 0.1) is 13.8 Å². The third-order valence-electron chi connectivity index (χ3n) is 2.53. The van der Waals surface area contributed by atoms with Gasteiger partial charge < -0.3 is 10.3 Å². The molecule has 3 N–H and O–H groups in total. The molecule has 8 heteroatoms. The van der Waals surface area contributed by atoms with Gasteiger partial charge in [-0.05, 0) is 37.6 Å². The van der Waals surface area contributed by atoms with Crippen molar-refractivity contribution in [1.29, 1.82) is 0 Å². The summed E-state index contributed by atoms with van der Waals surface area (Å²) in [4.78, 5) is 4.06. The van der Waals surface area contributed by atoms with Crippen molar-refractivity contribution < 1.29 is 12.9 Å². The lowest BCUT2D eigenvalue weighted by Gasteiger charge is -2.06. The summed E-state index contributed by atoms with van der Waals surface area (Å²) in [6.07, 6.45) is 0. The molecule has 0 unspecified atom stereocenters. The average molecular weight is 282 g/mol. The van der Waals surface area contributed by atoms with Crippen LogP contribution in [0.3, 0.4) is 0 Å². The van der Waals surface area contributed by atoms with E-state index in [2.05, 4.69) is 14.9 Å². The van der Waals surface area contributed by atoms with Crippen LogP contribution in [0.2, 0.25) is 0 Å². The predicted octanol–water partition coefficient (Wildman–Crippen LogP) is 0.747. The first-order valence-electron chi connectivity index (χ1n) is 5.53. The number of benzene rings is 1. The van der Waals surface area contributed by atoms with Crippen LogP contribution in [-0.4, -0.2) is 18.6 Å². The van der Waals surface area contributed by atoms with Gasteiger partial charge >= 0.3 is 0 Å². The summed E-state index contributed by atoms with van der Waals surface area (Å²) in [6.45, 7) is 3.35. The number of nitrogens with two attached hydrogens (primary N) is 1. The summed E-state index contributed by atoms with van der Waals surface area (Å²) < 4.78 is 31.3. The molecular formula is C11H14N4O3S. The van der Waals surface area contributed by atoms with Crippen LogP contribution in [0.25, 0.3) is 0 Å². The molecule has 0 aliphatic heterocycles. The van der Waals surface area contributed by atoms with E-state index in [4.69, 9.17) is 10.3 Å². The molecule has 0 spiro atoms. The molecule has 0 fully saturated rings. The summed E-state index contributed by atoms with van der Waals surface area (Å²) in [6, 6.07) is 4.52. The van der Waals surface area contributed by atoms with Crippen LogP contribution in [0.4, 0.5) is 5.69 Å². The van der Waals surface area contributed by atoms with Gasteiger partial charge in [-0.1, -0.05) is 5.16 Å². The maximum absolute atomic E-state index is 12.0. The van der Waals surface area contributed by atoms with Crippen LogP contribution in [0.1, 0.15) is 17.3 Å². The summed E-state index contributed by atoms with van der Waals surface area (Å²) in [5, 5.41) is 3.58. The Balaban J connectivity index is 2.16. The van der Waals surface area contributed by atoms with E-state index in [9.17, 15) is 8.42 Å². The highest BCUT2D eigenvalue weighted by molar-refractivity contribution is 7.89. The van der Waals surface area contributed by atoms with Gasteiger partial charge in [-0.2, -0.15) is 4.98 Å². The van der Waals surface area contributed by atoms with Crippen molar-refractivity contribution in [2.45, 2.75) is 25.3 Å². The monoisotopic (exact) mass is 282 g/mol. The molecule has 0 saturated heterocycles. The van der Waals surface area contributed by atoms with E-state index in [-0.39, 0.29) is 17.3 Å². The number of nitrogen functional groups attached to an aromatic ring is 1. The van der Waals surface area contributed by atoms with Gasteiger partial charge in [0, 0.05) is 5.69 Å². The summed E-state index contributed by atoms with van der Waals surface area (Å²) in [5.74, 6) is 0.672. The minimum absolute atomic E-state index is 0.0490. The molecule has 0 bridgehead atoms. The first-order chi connectivity index (χ1) is 8.88. The number of aryl methyl sites for hydroxylation is 2. The maximum atomic E-state index is 12.0. The molecule has 0 atom stereocenters. The van der Waals surface area contributed by atoms with Gasteiger partial charge in [-0.3, -0.25) is 0 Å². The standard InChI is InChI=1S/C11H14N4O3S/c1-7-5-9(3-4-10(7)12)19(16,17)13-6-11-14-8(2)15-18-11/h3-5,13H,6,12H2,1-2H3. The third kappa shape index (κ3) is 3.09. The number of sulfonamides is 1. The van der Waals surface area contributed by atoms with E-state index in [1.54, 1.807) is 19.9 Å². The van der Waals surface area contributed by atoms with Gasteiger partial charge in [-0.15, -0.1) is 0 Å². The number of nitrogens with zero attached hydrogens (tertiary/aromatic N) is 2. The average Bonchev–Trinajstić information content (AvgIpc) is 2.76. The summed E-state index contributed by atoms with van der Waals surface area (Å²) >= 11 is 0. The molecule has 0 aliphatic rings. The van der Waals surface area contributed by atoms with Crippen LogP contribution in [0.15, 0.2) is 27.6 Å². The van der Waals surface area contributed by atoms with E-state index in [0.717, 1.165) is 0 Å². The number of hydrogen-bond acceptors (Lipinski definition) is 6. The molecule has 2 rings (SSSR count). The lowest BCUT2D eigenvalue weighted by Crippen LogP contribution is -2.23. The van der Waals surface area contributed by atoms with E-state index in [1.807, 2.05) is 0 Å². The highest BCUT2D eigenvalue weighted by Crippen LogP contribution is 2.16. The fraction of sp³-hybridized carbons (Fsp3) is 0.273. The molecule has 0 amide bonds. The van der Waals surface area contributed by atoms with Crippen molar-refractivity contribution in [2.75, 3.05) is 5.73 Å². The van der Waals surface area contributed by atoms with Crippen LogP contribution in [0.5, 0.6) is 0 Å². The number of nitrogens with one attached hydrogen (secondary N) is 1. The Morgan fingerprint density at radius 1 is 1.37 bits per heavy atom. The van der Waals surface area contributed by atoms with E-state index >= 15 is 0 Å². The van der Waals surface area contributed by atoms with E-state index < -0.39 is 10.0 Å². The second-order valence-corrected chi connectivity index (χ2v) is 5.85. The predicted molar refractivity (Wildman–Crippen MR) is 68.7 cm³/mol. The largest absolute Gasteiger partial charge is 0.399 e. The second kappa shape index (κ2) is 4.98. The van der Waals surface area contributed by atoms with Crippen molar-refractivity contribution in [1.82, 2.24) is 14.9 Å².